The van der Waals surface area contributed by atoms with Crippen LogP contribution in [0.4, 0.5) is 0 Å². The number of ether oxygens (including phenoxy) is 2. The molecule has 0 bridgehead atoms. The molecule has 0 fully saturated rings. The number of hydrogen-bond acceptors (Lipinski definition) is 6. The van der Waals surface area contributed by atoms with Gasteiger partial charge in [-0.05, 0) is 83.5 Å². The number of likely N-dealkylation sites (N-methyl/N-ethyl adjacent to an activating group) is 1. The number of hydrogen-bond donors (Lipinski definition) is 1. The van der Waals surface area contributed by atoms with Gasteiger partial charge in [0, 0.05) is 13.0 Å². The van der Waals surface area contributed by atoms with E-state index in [-0.39, 0.29) is 25.8 Å². The smallest absolute Gasteiger partial charge is 0.457 e. The summed E-state index contributed by atoms with van der Waals surface area (Å²) in [5.74, 6) is -0.341. The Kier molecular flexibility index (Phi) is 37.3. The highest BCUT2D eigenvalue weighted by molar-refractivity contribution is 7.47. The Balaban J connectivity index is 4.36. The lowest BCUT2D eigenvalue weighted by Crippen LogP contribution is -2.37. The van der Waals surface area contributed by atoms with Crippen molar-refractivity contribution in [2.24, 2.45) is 0 Å². The summed E-state index contributed by atoms with van der Waals surface area (Å²) >= 11 is 0. The predicted molar refractivity (Wildman–Crippen MR) is 233 cm³/mol. The first-order chi connectivity index (χ1) is 26.6. The van der Waals surface area contributed by atoms with Gasteiger partial charge in [0.25, 0.3) is 0 Å². The Bertz CT molecular complexity index is 1110. The molecular weight excluding hydrogens is 709 g/mol. The van der Waals surface area contributed by atoms with Crippen molar-refractivity contribution in [2.45, 2.75) is 161 Å². The Morgan fingerprint density at radius 1 is 0.582 bits per heavy atom. The normalized spacial score (nSPS) is 14.5. The topological polar surface area (TPSA) is 91.3 Å². The molecule has 0 aliphatic rings. The number of carbonyl (C=O) groups excluding carboxylic acids is 1. The number of esters is 1. The number of quaternary nitrogens is 1. The number of rotatable bonds is 39. The first-order valence-electron chi connectivity index (χ1n) is 21.7. The van der Waals surface area contributed by atoms with Crippen molar-refractivity contribution in [1.29, 1.82) is 0 Å². The van der Waals surface area contributed by atoms with E-state index in [0.717, 1.165) is 83.5 Å². The van der Waals surface area contributed by atoms with Gasteiger partial charge in [0.15, 0.2) is 0 Å². The molecule has 318 valence electrons. The van der Waals surface area contributed by atoms with Gasteiger partial charge in [-0.2, -0.15) is 0 Å². The third-order valence-electron chi connectivity index (χ3n) is 8.75. The van der Waals surface area contributed by atoms with Crippen molar-refractivity contribution in [2.75, 3.05) is 54.1 Å². The van der Waals surface area contributed by atoms with E-state index in [1.807, 2.05) is 21.1 Å². The number of unbranched alkanes of at least 4 members (excludes halogenated alkanes) is 13. The molecule has 0 rings (SSSR count). The van der Waals surface area contributed by atoms with Gasteiger partial charge >= 0.3 is 13.8 Å². The van der Waals surface area contributed by atoms with Crippen molar-refractivity contribution in [3.8, 4) is 0 Å². The fourth-order valence-electron chi connectivity index (χ4n) is 5.40. The molecule has 2 unspecified atom stereocenters. The molecule has 0 radical (unpaired) electrons. The highest BCUT2D eigenvalue weighted by atomic mass is 31.2. The molecule has 0 aromatic carbocycles. The quantitative estimate of drug-likeness (QED) is 0.0218. The summed E-state index contributed by atoms with van der Waals surface area (Å²) in [5.41, 5.74) is 0. The number of allylic oxidation sites excluding steroid dienone is 12. The van der Waals surface area contributed by atoms with Crippen LogP contribution < -0.4 is 0 Å². The number of phosphoric ester groups is 1. The van der Waals surface area contributed by atoms with Crippen LogP contribution in [0.5, 0.6) is 0 Å². The molecule has 0 spiro atoms. The average Bonchev–Trinajstić information content (AvgIpc) is 3.13. The van der Waals surface area contributed by atoms with Gasteiger partial charge in [-0.1, -0.05) is 138 Å². The zero-order valence-electron chi connectivity index (χ0n) is 35.9. The monoisotopic (exact) mass is 793 g/mol. The Hall–Kier alpha value is -2.06. The summed E-state index contributed by atoms with van der Waals surface area (Å²) in [6, 6.07) is 0. The highest BCUT2D eigenvalue weighted by Gasteiger charge is 2.26. The van der Waals surface area contributed by atoms with E-state index < -0.39 is 13.9 Å². The van der Waals surface area contributed by atoms with Crippen LogP contribution in [0.15, 0.2) is 72.9 Å². The molecule has 0 aliphatic heterocycles. The van der Waals surface area contributed by atoms with E-state index in [9.17, 15) is 14.3 Å². The maximum atomic E-state index is 12.7. The van der Waals surface area contributed by atoms with Gasteiger partial charge in [-0.25, -0.2) is 4.57 Å². The molecule has 0 aliphatic carbocycles. The van der Waals surface area contributed by atoms with Crippen LogP contribution in [0.1, 0.15) is 155 Å². The van der Waals surface area contributed by atoms with Gasteiger partial charge in [0.2, 0.25) is 0 Å². The van der Waals surface area contributed by atoms with Gasteiger partial charge in [0.05, 0.1) is 34.4 Å². The lowest BCUT2D eigenvalue weighted by molar-refractivity contribution is -0.870. The van der Waals surface area contributed by atoms with Gasteiger partial charge < -0.3 is 18.9 Å². The Labute approximate surface area is 338 Å². The summed E-state index contributed by atoms with van der Waals surface area (Å²) in [6.45, 7) is 5.36. The summed E-state index contributed by atoms with van der Waals surface area (Å²) in [7, 11) is 1.62. The fourth-order valence-corrected chi connectivity index (χ4v) is 6.14. The molecule has 8 nitrogen and oxygen atoms in total. The summed E-state index contributed by atoms with van der Waals surface area (Å²) in [4.78, 5) is 22.9. The molecule has 0 heterocycles. The molecule has 2 atom stereocenters. The van der Waals surface area contributed by atoms with Crippen molar-refractivity contribution >= 4 is 13.8 Å². The lowest BCUT2D eigenvalue weighted by Gasteiger charge is -2.24. The van der Waals surface area contributed by atoms with Crippen molar-refractivity contribution < 1.29 is 37.3 Å². The molecule has 0 saturated carbocycles. The highest BCUT2D eigenvalue weighted by Crippen LogP contribution is 2.43. The maximum Gasteiger partial charge on any atom is 0.472 e. The second-order valence-electron chi connectivity index (χ2n) is 15.3. The second kappa shape index (κ2) is 38.8. The number of phosphoric acid groups is 1. The van der Waals surface area contributed by atoms with Crippen LogP contribution in [-0.2, 0) is 27.9 Å². The molecule has 0 aromatic heterocycles. The van der Waals surface area contributed by atoms with Crippen LogP contribution in [0.25, 0.3) is 0 Å². The molecule has 55 heavy (non-hydrogen) atoms. The zero-order chi connectivity index (χ0) is 40.6. The average molecular weight is 793 g/mol. The second-order valence-corrected chi connectivity index (χ2v) is 16.8. The minimum absolute atomic E-state index is 0.0750. The third kappa shape index (κ3) is 42.9. The molecule has 0 amide bonds. The third-order valence-corrected chi connectivity index (χ3v) is 9.74. The van der Waals surface area contributed by atoms with E-state index in [0.29, 0.717) is 24.1 Å². The Morgan fingerprint density at radius 3 is 1.60 bits per heavy atom. The Morgan fingerprint density at radius 2 is 1.05 bits per heavy atom. The van der Waals surface area contributed by atoms with Gasteiger partial charge in [-0.15, -0.1) is 0 Å². The molecule has 1 N–H and O–H groups in total. The standard InChI is InChI=1S/C46H82NO7P/c1-6-8-10-12-14-16-18-20-22-23-24-26-28-30-32-34-36-38-41-51-43-45(44-53-55(49,50)52-42-40-47(3,4)5)54-46(48)39-37-35-33-31-29-27-25-21-19-17-15-13-11-9-7-2/h8,10,14,16,20-22,24-26,30,32,45H,6-7,9,11-13,15,17-19,23,27-29,31,33-44H2,1-5H3/p+1/b10-8-,16-14-,22-20-,25-21-,26-24-,32-30-. The summed E-state index contributed by atoms with van der Waals surface area (Å²) < 4.78 is 34.9. The van der Waals surface area contributed by atoms with E-state index in [1.54, 1.807) is 0 Å². The number of nitrogens with zero attached hydrogens (tertiary/aromatic N) is 1. The van der Waals surface area contributed by atoms with Crippen molar-refractivity contribution in [3.05, 3.63) is 72.9 Å². The van der Waals surface area contributed by atoms with Crippen LogP contribution in [0.2, 0.25) is 0 Å². The lowest BCUT2D eigenvalue weighted by atomic mass is 10.1. The van der Waals surface area contributed by atoms with Crippen LogP contribution in [0.3, 0.4) is 0 Å². The SMILES string of the molecule is CC/C=C\C/C=C\C/C=C\C/C=C\C/C=C\CCCCOCC(COP(=O)(O)OCC[N+](C)(C)C)OC(=O)CCCCCCC/C=C\CCCCCCCC. The molecule has 0 saturated heterocycles. The minimum atomic E-state index is -4.29. The van der Waals surface area contributed by atoms with Crippen LogP contribution in [-0.4, -0.2) is 75.6 Å². The van der Waals surface area contributed by atoms with Crippen molar-refractivity contribution in [1.82, 2.24) is 0 Å². The summed E-state index contributed by atoms with van der Waals surface area (Å²) in [5, 5.41) is 0. The molecular formula is C46H83NO7P+. The minimum Gasteiger partial charge on any atom is -0.457 e. The van der Waals surface area contributed by atoms with Gasteiger partial charge in [-0.3, -0.25) is 13.8 Å². The van der Waals surface area contributed by atoms with Gasteiger partial charge in [0.1, 0.15) is 19.3 Å². The molecule has 9 heteroatoms. The zero-order valence-corrected chi connectivity index (χ0v) is 36.8. The van der Waals surface area contributed by atoms with Crippen LogP contribution in [0, 0.1) is 0 Å². The summed E-state index contributed by atoms with van der Waals surface area (Å²) in [6.07, 6.45) is 49.4. The maximum absolute atomic E-state index is 12.7. The largest absolute Gasteiger partial charge is 0.472 e. The van der Waals surface area contributed by atoms with E-state index in [2.05, 4.69) is 86.8 Å². The van der Waals surface area contributed by atoms with E-state index in [1.165, 1.54) is 51.4 Å². The number of carbonyl (C=O) groups is 1. The van der Waals surface area contributed by atoms with E-state index >= 15 is 0 Å². The molecule has 0 aromatic rings. The predicted octanol–water partition coefficient (Wildman–Crippen LogP) is 12.7. The first-order valence-corrected chi connectivity index (χ1v) is 23.2. The fraction of sp³-hybridized carbons (Fsp3) is 0.717. The van der Waals surface area contributed by atoms with E-state index in [4.69, 9.17) is 18.5 Å². The van der Waals surface area contributed by atoms with Crippen molar-refractivity contribution in [3.63, 3.8) is 0 Å². The first kappa shape index (κ1) is 52.9. The van der Waals surface area contributed by atoms with Crippen LogP contribution >= 0.6 is 7.82 Å².